The molecule has 1 aliphatic rings. The van der Waals surface area contributed by atoms with Crippen molar-refractivity contribution in [2.75, 3.05) is 5.32 Å². The molecule has 0 amide bonds. The maximum atomic E-state index is 13.3. The highest BCUT2D eigenvalue weighted by Gasteiger charge is 2.33. The Morgan fingerprint density at radius 2 is 1.95 bits per heavy atom. The molecule has 2 aromatic rings. The quantitative estimate of drug-likeness (QED) is 0.750. The van der Waals surface area contributed by atoms with Gasteiger partial charge in [0, 0.05) is 5.69 Å². The van der Waals surface area contributed by atoms with Crippen LogP contribution in [0.25, 0.3) is 0 Å². The molecule has 1 N–H and O–H groups in total. The third-order valence-corrected chi connectivity index (χ3v) is 4.34. The fourth-order valence-electron chi connectivity index (χ4n) is 2.99. The molecule has 20 heavy (non-hydrogen) atoms. The fourth-order valence-corrected chi connectivity index (χ4v) is 3.18. The number of rotatable bonds is 1. The Balaban J connectivity index is 2.00. The Morgan fingerprint density at radius 3 is 2.70 bits per heavy atom. The summed E-state index contributed by atoms with van der Waals surface area (Å²) in [6.07, 6.45) is 0.950. The molecule has 1 unspecified atom stereocenters. The lowest BCUT2D eigenvalue weighted by molar-refractivity contribution is 0.427. The predicted octanol–water partition coefficient (Wildman–Crippen LogP) is 5.31. The zero-order valence-corrected chi connectivity index (χ0v) is 12.3. The van der Waals surface area contributed by atoms with Crippen LogP contribution in [-0.2, 0) is 5.41 Å². The van der Waals surface area contributed by atoms with Gasteiger partial charge in [-0.3, -0.25) is 0 Å². The summed E-state index contributed by atoms with van der Waals surface area (Å²) in [6.45, 7) is 4.48. The van der Waals surface area contributed by atoms with Crippen molar-refractivity contribution >= 4 is 17.3 Å². The van der Waals surface area contributed by atoms with Crippen LogP contribution in [0.5, 0.6) is 0 Å². The molecule has 0 aliphatic carbocycles. The van der Waals surface area contributed by atoms with Crippen molar-refractivity contribution in [3.05, 3.63) is 64.4 Å². The monoisotopic (exact) mass is 289 g/mol. The summed E-state index contributed by atoms with van der Waals surface area (Å²) >= 11 is 5.90. The van der Waals surface area contributed by atoms with E-state index in [1.807, 2.05) is 12.1 Å². The van der Waals surface area contributed by atoms with Gasteiger partial charge in [-0.05, 0) is 41.2 Å². The first kappa shape index (κ1) is 13.4. The maximum absolute atomic E-state index is 13.3. The van der Waals surface area contributed by atoms with Gasteiger partial charge in [-0.25, -0.2) is 4.39 Å². The summed E-state index contributed by atoms with van der Waals surface area (Å²) in [5, 5.41) is 3.72. The van der Waals surface area contributed by atoms with Crippen LogP contribution in [0.3, 0.4) is 0 Å². The van der Waals surface area contributed by atoms with Crippen molar-refractivity contribution in [1.29, 1.82) is 0 Å². The van der Waals surface area contributed by atoms with Crippen molar-refractivity contribution in [2.24, 2.45) is 0 Å². The second kappa shape index (κ2) is 4.78. The molecule has 0 aromatic heterocycles. The minimum Gasteiger partial charge on any atom is -0.378 e. The van der Waals surface area contributed by atoms with Gasteiger partial charge >= 0.3 is 0 Å². The first-order valence-corrected chi connectivity index (χ1v) is 7.16. The van der Waals surface area contributed by atoms with Gasteiger partial charge in [0.2, 0.25) is 0 Å². The van der Waals surface area contributed by atoms with E-state index >= 15 is 0 Å². The van der Waals surface area contributed by atoms with Gasteiger partial charge in [0.25, 0.3) is 0 Å². The van der Waals surface area contributed by atoms with Crippen LogP contribution in [0.15, 0.2) is 42.5 Å². The van der Waals surface area contributed by atoms with Crippen LogP contribution in [0.2, 0.25) is 5.02 Å². The number of hydrogen-bond acceptors (Lipinski definition) is 1. The second-order valence-electron chi connectivity index (χ2n) is 6.00. The van der Waals surface area contributed by atoms with Crippen molar-refractivity contribution in [3.63, 3.8) is 0 Å². The van der Waals surface area contributed by atoms with E-state index in [2.05, 4.69) is 37.4 Å². The number of para-hydroxylation sites is 1. The summed E-state index contributed by atoms with van der Waals surface area (Å²) in [6, 6.07) is 13.5. The first-order chi connectivity index (χ1) is 9.47. The molecule has 1 heterocycles. The molecule has 0 saturated heterocycles. The Hall–Kier alpha value is -1.54. The lowest BCUT2D eigenvalue weighted by Gasteiger charge is -2.39. The highest BCUT2D eigenvalue weighted by atomic mass is 35.5. The molecule has 1 nitrogen and oxygen atoms in total. The zero-order chi connectivity index (χ0) is 14.3. The van der Waals surface area contributed by atoms with Gasteiger partial charge in [-0.15, -0.1) is 0 Å². The van der Waals surface area contributed by atoms with Crippen molar-refractivity contribution in [1.82, 2.24) is 0 Å². The highest BCUT2D eigenvalue weighted by Crippen LogP contribution is 2.44. The lowest BCUT2D eigenvalue weighted by Crippen LogP contribution is -2.31. The molecule has 3 heteroatoms. The first-order valence-electron chi connectivity index (χ1n) is 6.78. The van der Waals surface area contributed by atoms with E-state index in [4.69, 9.17) is 11.6 Å². The standard InChI is InChI=1S/C17H17ClFN/c1-17(2)10-16(11-7-8-14(19)13(18)9-11)20-15-6-4-3-5-12(15)17/h3-9,16,20H,10H2,1-2H3. The summed E-state index contributed by atoms with van der Waals surface area (Å²) in [7, 11) is 0. The largest absolute Gasteiger partial charge is 0.378 e. The lowest BCUT2D eigenvalue weighted by atomic mass is 9.74. The number of anilines is 1. The molecule has 104 valence electrons. The van der Waals surface area contributed by atoms with Crippen LogP contribution in [0, 0.1) is 5.82 Å². The van der Waals surface area contributed by atoms with Crippen LogP contribution in [0.1, 0.15) is 37.4 Å². The molecule has 0 bridgehead atoms. The number of fused-ring (bicyclic) bond motifs is 1. The number of benzene rings is 2. The molecule has 0 spiro atoms. The average Bonchev–Trinajstić information content (AvgIpc) is 2.41. The van der Waals surface area contributed by atoms with Crippen molar-refractivity contribution in [2.45, 2.75) is 31.7 Å². The molecular formula is C17H17ClFN. The summed E-state index contributed by atoms with van der Waals surface area (Å²) in [5.74, 6) is -0.370. The second-order valence-corrected chi connectivity index (χ2v) is 6.41. The van der Waals surface area contributed by atoms with Crippen LogP contribution in [0.4, 0.5) is 10.1 Å². The van der Waals surface area contributed by atoms with E-state index in [0.717, 1.165) is 17.7 Å². The summed E-state index contributed by atoms with van der Waals surface area (Å²) in [4.78, 5) is 0. The van der Waals surface area contributed by atoms with Crippen molar-refractivity contribution in [3.8, 4) is 0 Å². The van der Waals surface area contributed by atoms with E-state index < -0.39 is 0 Å². The molecule has 3 rings (SSSR count). The van der Waals surface area contributed by atoms with Crippen LogP contribution < -0.4 is 5.32 Å². The minimum atomic E-state index is -0.370. The molecule has 1 aliphatic heterocycles. The number of halogens is 2. The Kier molecular flexibility index (Phi) is 3.21. The van der Waals surface area contributed by atoms with Gasteiger partial charge in [0.1, 0.15) is 5.82 Å². The van der Waals surface area contributed by atoms with Gasteiger partial charge in [-0.2, -0.15) is 0 Å². The smallest absolute Gasteiger partial charge is 0.141 e. The van der Waals surface area contributed by atoms with E-state index in [1.54, 1.807) is 6.07 Å². The van der Waals surface area contributed by atoms with Gasteiger partial charge in [0.05, 0.1) is 11.1 Å². The van der Waals surface area contributed by atoms with Crippen molar-refractivity contribution < 1.29 is 4.39 Å². The number of hydrogen-bond donors (Lipinski definition) is 1. The topological polar surface area (TPSA) is 12.0 Å². The maximum Gasteiger partial charge on any atom is 0.141 e. The third-order valence-electron chi connectivity index (χ3n) is 4.05. The summed E-state index contributed by atoms with van der Waals surface area (Å²) < 4.78 is 13.3. The average molecular weight is 290 g/mol. The van der Waals surface area contributed by atoms with E-state index in [9.17, 15) is 4.39 Å². The zero-order valence-electron chi connectivity index (χ0n) is 11.6. The molecule has 1 atom stereocenters. The normalized spacial score (nSPS) is 20.1. The van der Waals surface area contributed by atoms with Crippen LogP contribution >= 0.6 is 11.6 Å². The highest BCUT2D eigenvalue weighted by molar-refractivity contribution is 6.30. The van der Waals surface area contributed by atoms with Gasteiger partial charge in [-0.1, -0.05) is 49.7 Å². The van der Waals surface area contributed by atoms with E-state index in [1.165, 1.54) is 11.6 Å². The van der Waals surface area contributed by atoms with Gasteiger partial charge < -0.3 is 5.32 Å². The predicted molar refractivity (Wildman–Crippen MR) is 81.9 cm³/mol. The molecule has 2 aromatic carbocycles. The Bertz CT molecular complexity index is 651. The third kappa shape index (κ3) is 2.29. The molecule has 0 saturated carbocycles. The Labute approximate surface area is 123 Å². The molecule has 0 radical (unpaired) electrons. The van der Waals surface area contributed by atoms with Crippen LogP contribution in [-0.4, -0.2) is 0 Å². The molecule has 0 fully saturated rings. The Morgan fingerprint density at radius 1 is 1.20 bits per heavy atom. The SMILES string of the molecule is CC1(C)CC(c2ccc(F)c(Cl)c2)Nc2ccccc21. The van der Waals surface area contributed by atoms with E-state index in [0.29, 0.717) is 0 Å². The van der Waals surface area contributed by atoms with Gasteiger partial charge in [0.15, 0.2) is 0 Å². The van der Waals surface area contributed by atoms with E-state index in [-0.39, 0.29) is 22.3 Å². The fraction of sp³-hybridized carbons (Fsp3) is 0.294. The number of nitrogens with one attached hydrogen (secondary N) is 1. The minimum absolute atomic E-state index is 0.0768. The molecular weight excluding hydrogens is 273 g/mol. The summed E-state index contributed by atoms with van der Waals surface area (Å²) in [5.41, 5.74) is 3.57.